The Labute approximate surface area is 74.8 Å². The van der Waals surface area contributed by atoms with Gasteiger partial charge in [-0.2, -0.15) is 5.26 Å². The number of nitrogens with zero attached hydrogens (tertiary/aromatic N) is 2. The molecule has 1 heterocycles. The van der Waals surface area contributed by atoms with Crippen LogP contribution in [0.2, 0.25) is 0 Å². The summed E-state index contributed by atoms with van der Waals surface area (Å²) in [5, 5.41) is 17.0. The van der Waals surface area contributed by atoms with Gasteiger partial charge in [-0.15, -0.1) is 0 Å². The van der Waals surface area contributed by atoms with Gasteiger partial charge >= 0.3 is 5.97 Å². The van der Waals surface area contributed by atoms with Crippen LogP contribution in [0.15, 0.2) is 24.4 Å². The van der Waals surface area contributed by atoms with E-state index < -0.39 is 5.97 Å². The molecule has 0 saturated heterocycles. The molecular weight excluding hydrogens is 168 g/mol. The van der Waals surface area contributed by atoms with Crippen molar-refractivity contribution in [1.82, 2.24) is 4.98 Å². The monoisotopic (exact) mass is 174 g/mol. The highest BCUT2D eigenvalue weighted by Gasteiger charge is 1.97. The lowest BCUT2D eigenvalue weighted by Gasteiger charge is -1.93. The Morgan fingerprint density at radius 2 is 2.46 bits per heavy atom. The van der Waals surface area contributed by atoms with Crippen LogP contribution in [0.25, 0.3) is 6.08 Å². The standard InChI is InChI=1S/C9H6N2O2/c10-6-7-2-1-5-11-8(7)3-4-9(12)13/h1-5H,(H,12,13)/b4-3-. The number of carboxylic acids is 1. The molecule has 4 heteroatoms. The first-order chi connectivity index (χ1) is 6.24. The molecule has 0 aliphatic heterocycles. The van der Waals surface area contributed by atoms with Gasteiger partial charge in [0.1, 0.15) is 6.07 Å². The van der Waals surface area contributed by atoms with E-state index in [4.69, 9.17) is 10.4 Å². The van der Waals surface area contributed by atoms with Gasteiger partial charge in [0.15, 0.2) is 0 Å². The predicted molar refractivity (Wildman–Crippen MR) is 45.6 cm³/mol. The van der Waals surface area contributed by atoms with E-state index in [0.717, 1.165) is 6.08 Å². The van der Waals surface area contributed by atoms with Crippen molar-refractivity contribution in [2.24, 2.45) is 0 Å². The molecule has 0 aromatic carbocycles. The number of nitriles is 1. The van der Waals surface area contributed by atoms with Gasteiger partial charge in [-0.1, -0.05) is 0 Å². The minimum absolute atomic E-state index is 0.361. The van der Waals surface area contributed by atoms with E-state index in [1.807, 2.05) is 6.07 Å². The van der Waals surface area contributed by atoms with Crippen molar-refractivity contribution in [3.63, 3.8) is 0 Å². The molecule has 0 unspecified atom stereocenters. The Hall–Kier alpha value is -2.15. The summed E-state index contributed by atoms with van der Waals surface area (Å²) < 4.78 is 0. The Bertz CT molecular complexity index is 391. The Morgan fingerprint density at radius 3 is 3.08 bits per heavy atom. The number of aliphatic carboxylic acids is 1. The summed E-state index contributed by atoms with van der Waals surface area (Å²) in [4.78, 5) is 14.0. The van der Waals surface area contributed by atoms with E-state index in [1.54, 1.807) is 12.1 Å². The van der Waals surface area contributed by atoms with Crippen molar-refractivity contribution < 1.29 is 9.90 Å². The molecule has 0 saturated carbocycles. The molecular formula is C9H6N2O2. The van der Waals surface area contributed by atoms with Crippen molar-refractivity contribution in [3.8, 4) is 6.07 Å². The molecule has 0 atom stereocenters. The first-order valence-electron chi connectivity index (χ1n) is 3.50. The van der Waals surface area contributed by atoms with E-state index in [0.29, 0.717) is 11.3 Å². The fourth-order valence-corrected chi connectivity index (χ4v) is 0.795. The highest BCUT2D eigenvalue weighted by Crippen LogP contribution is 2.04. The molecule has 0 spiro atoms. The second-order valence-corrected chi connectivity index (χ2v) is 2.22. The van der Waals surface area contributed by atoms with Gasteiger partial charge in [0.05, 0.1) is 11.3 Å². The maximum atomic E-state index is 10.2. The Balaban J connectivity index is 3.02. The number of rotatable bonds is 2. The molecule has 0 fully saturated rings. The van der Waals surface area contributed by atoms with Crippen LogP contribution in [0.3, 0.4) is 0 Å². The maximum absolute atomic E-state index is 10.2. The average molecular weight is 174 g/mol. The van der Waals surface area contributed by atoms with E-state index in [1.165, 1.54) is 12.3 Å². The van der Waals surface area contributed by atoms with Crippen molar-refractivity contribution in [3.05, 3.63) is 35.7 Å². The SMILES string of the molecule is N#Cc1cccnc1/C=C\C(=O)O. The van der Waals surface area contributed by atoms with Crippen molar-refractivity contribution in [1.29, 1.82) is 5.26 Å². The average Bonchev–Trinajstić information content (AvgIpc) is 2.15. The third kappa shape index (κ3) is 2.42. The fourth-order valence-electron chi connectivity index (χ4n) is 0.795. The second-order valence-electron chi connectivity index (χ2n) is 2.22. The lowest BCUT2D eigenvalue weighted by Crippen LogP contribution is -1.89. The molecule has 64 valence electrons. The van der Waals surface area contributed by atoms with Crippen LogP contribution in [0.4, 0.5) is 0 Å². The summed E-state index contributed by atoms with van der Waals surface area (Å²) in [6.07, 6.45) is 3.74. The summed E-state index contributed by atoms with van der Waals surface area (Å²) in [6.45, 7) is 0. The van der Waals surface area contributed by atoms with Crippen LogP contribution in [-0.2, 0) is 4.79 Å². The van der Waals surface area contributed by atoms with Gasteiger partial charge in [0.25, 0.3) is 0 Å². The van der Waals surface area contributed by atoms with Crippen LogP contribution in [0.5, 0.6) is 0 Å². The fraction of sp³-hybridized carbons (Fsp3) is 0. The summed E-state index contributed by atoms with van der Waals surface area (Å²) in [5.41, 5.74) is 0.729. The van der Waals surface area contributed by atoms with Crippen molar-refractivity contribution >= 4 is 12.0 Å². The number of hydrogen-bond acceptors (Lipinski definition) is 3. The summed E-state index contributed by atoms with van der Waals surface area (Å²) in [7, 11) is 0. The third-order valence-corrected chi connectivity index (χ3v) is 1.34. The van der Waals surface area contributed by atoms with Crippen LogP contribution in [0, 0.1) is 11.3 Å². The first kappa shape index (κ1) is 8.94. The van der Waals surface area contributed by atoms with E-state index in [-0.39, 0.29) is 0 Å². The van der Waals surface area contributed by atoms with Gasteiger partial charge in [-0.05, 0) is 18.2 Å². The van der Waals surface area contributed by atoms with Gasteiger partial charge < -0.3 is 5.11 Å². The van der Waals surface area contributed by atoms with Crippen LogP contribution < -0.4 is 0 Å². The predicted octanol–water partition coefficient (Wildman–Crippen LogP) is 1.05. The molecule has 1 rings (SSSR count). The molecule has 0 aliphatic carbocycles. The number of carbonyl (C=O) groups is 1. The lowest BCUT2D eigenvalue weighted by molar-refractivity contribution is -0.131. The second kappa shape index (κ2) is 4.02. The number of carboxylic acid groups (broad SMARTS) is 1. The van der Waals surface area contributed by atoms with Crippen LogP contribution in [-0.4, -0.2) is 16.1 Å². The van der Waals surface area contributed by atoms with E-state index in [9.17, 15) is 4.79 Å². The normalized spacial score (nSPS) is 9.77. The number of hydrogen-bond donors (Lipinski definition) is 1. The van der Waals surface area contributed by atoms with Crippen molar-refractivity contribution in [2.75, 3.05) is 0 Å². The highest BCUT2D eigenvalue weighted by atomic mass is 16.4. The maximum Gasteiger partial charge on any atom is 0.328 e. The zero-order valence-corrected chi connectivity index (χ0v) is 6.64. The summed E-state index contributed by atoms with van der Waals surface area (Å²) in [5.74, 6) is -1.06. The van der Waals surface area contributed by atoms with Gasteiger partial charge in [0.2, 0.25) is 0 Å². The van der Waals surface area contributed by atoms with Gasteiger partial charge in [0, 0.05) is 12.3 Å². The Kier molecular flexibility index (Phi) is 2.77. The zero-order valence-electron chi connectivity index (χ0n) is 6.64. The minimum atomic E-state index is -1.06. The smallest absolute Gasteiger partial charge is 0.328 e. The molecule has 0 radical (unpaired) electrons. The van der Waals surface area contributed by atoms with Gasteiger partial charge in [-0.25, -0.2) is 4.79 Å². The molecule has 13 heavy (non-hydrogen) atoms. The lowest BCUT2D eigenvalue weighted by atomic mass is 10.2. The third-order valence-electron chi connectivity index (χ3n) is 1.34. The molecule has 0 bridgehead atoms. The summed E-state index contributed by atoms with van der Waals surface area (Å²) >= 11 is 0. The van der Waals surface area contributed by atoms with Crippen LogP contribution in [0.1, 0.15) is 11.3 Å². The van der Waals surface area contributed by atoms with E-state index in [2.05, 4.69) is 4.98 Å². The topological polar surface area (TPSA) is 74.0 Å². The zero-order chi connectivity index (χ0) is 9.68. The van der Waals surface area contributed by atoms with E-state index >= 15 is 0 Å². The number of pyridine rings is 1. The van der Waals surface area contributed by atoms with Gasteiger partial charge in [-0.3, -0.25) is 4.98 Å². The quantitative estimate of drug-likeness (QED) is 0.680. The molecule has 1 N–H and O–H groups in total. The molecule has 1 aromatic heterocycles. The molecule has 4 nitrogen and oxygen atoms in total. The Morgan fingerprint density at radius 1 is 1.69 bits per heavy atom. The summed E-state index contributed by atoms with van der Waals surface area (Å²) in [6, 6.07) is 5.11. The largest absolute Gasteiger partial charge is 0.478 e. The highest BCUT2D eigenvalue weighted by molar-refractivity contribution is 5.85. The van der Waals surface area contributed by atoms with Crippen LogP contribution >= 0.6 is 0 Å². The molecule has 0 aliphatic rings. The molecule has 1 aromatic rings. The van der Waals surface area contributed by atoms with Crippen molar-refractivity contribution in [2.45, 2.75) is 0 Å². The number of aromatic nitrogens is 1. The minimum Gasteiger partial charge on any atom is -0.478 e. The first-order valence-corrected chi connectivity index (χ1v) is 3.50. The molecule has 0 amide bonds.